The average Bonchev–Trinajstić information content (AvgIpc) is 3.20. The molecule has 1 aromatic carbocycles. The van der Waals surface area contributed by atoms with E-state index in [1.165, 1.54) is 18.4 Å². The van der Waals surface area contributed by atoms with Crippen LogP contribution in [-0.4, -0.2) is 12.6 Å². The zero-order valence-electron chi connectivity index (χ0n) is 11.8. The van der Waals surface area contributed by atoms with Gasteiger partial charge in [0.1, 0.15) is 12.4 Å². The van der Waals surface area contributed by atoms with Gasteiger partial charge in [0.2, 0.25) is 0 Å². The summed E-state index contributed by atoms with van der Waals surface area (Å²) < 4.78 is 5.75. The molecule has 1 unspecified atom stereocenters. The SMILES string of the molecule is CCC(C)(C)c1ccc(OCC(N)C2CC2)cc1. The van der Waals surface area contributed by atoms with Gasteiger partial charge in [0.05, 0.1) is 0 Å². The van der Waals surface area contributed by atoms with E-state index in [0.717, 1.165) is 12.2 Å². The summed E-state index contributed by atoms with van der Waals surface area (Å²) in [6.45, 7) is 7.40. The largest absolute Gasteiger partial charge is 0.492 e. The molecule has 0 aromatic heterocycles. The Morgan fingerprint density at radius 2 is 1.89 bits per heavy atom. The lowest BCUT2D eigenvalue weighted by Gasteiger charge is -2.23. The van der Waals surface area contributed by atoms with Gasteiger partial charge in [-0.25, -0.2) is 0 Å². The summed E-state index contributed by atoms with van der Waals surface area (Å²) in [5.41, 5.74) is 7.63. The molecule has 0 saturated heterocycles. The maximum absolute atomic E-state index is 6.02. The van der Waals surface area contributed by atoms with Crippen LogP contribution in [0.4, 0.5) is 0 Å². The Morgan fingerprint density at radius 3 is 2.39 bits per heavy atom. The van der Waals surface area contributed by atoms with Gasteiger partial charge in [-0.2, -0.15) is 0 Å². The first-order valence-electron chi connectivity index (χ1n) is 7.02. The van der Waals surface area contributed by atoms with E-state index in [0.29, 0.717) is 12.5 Å². The minimum Gasteiger partial charge on any atom is -0.492 e. The molecule has 0 aliphatic heterocycles. The lowest BCUT2D eigenvalue weighted by atomic mass is 9.82. The Hall–Kier alpha value is -1.02. The topological polar surface area (TPSA) is 35.2 Å². The molecule has 2 N–H and O–H groups in total. The molecule has 1 fully saturated rings. The number of ether oxygens (including phenoxy) is 1. The van der Waals surface area contributed by atoms with Crippen molar-refractivity contribution in [3.05, 3.63) is 29.8 Å². The highest BCUT2D eigenvalue weighted by atomic mass is 16.5. The standard InChI is InChI=1S/C16H25NO/c1-4-16(2,3)13-7-9-14(10-8-13)18-11-15(17)12-5-6-12/h7-10,12,15H,4-6,11,17H2,1-3H3. The van der Waals surface area contributed by atoms with Gasteiger partial charge in [-0.15, -0.1) is 0 Å². The van der Waals surface area contributed by atoms with Gasteiger partial charge in [-0.1, -0.05) is 32.9 Å². The second-order valence-corrected chi connectivity index (χ2v) is 6.07. The lowest BCUT2D eigenvalue weighted by Crippen LogP contribution is -2.29. The van der Waals surface area contributed by atoms with E-state index >= 15 is 0 Å². The zero-order chi connectivity index (χ0) is 13.2. The Bertz CT molecular complexity index is 379. The number of rotatable bonds is 6. The second-order valence-electron chi connectivity index (χ2n) is 6.07. The van der Waals surface area contributed by atoms with E-state index in [2.05, 4.69) is 45.0 Å². The first kappa shape index (κ1) is 13.4. The fraction of sp³-hybridized carbons (Fsp3) is 0.625. The maximum Gasteiger partial charge on any atom is 0.119 e. The molecule has 0 amide bonds. The molecule has 100 valence electrons. The van der Waals surface area contributed by atoms with Crippen molar-refractivity contribution in [2.45, 2.75) is 51.5 Å². The number of hydrogen-bond acceptors (Lipinski definition) is 2. The smallest absolute Gasteiger partial charge is 0.119 e. The normalized spacial score (nSPS) is 17.6. The van der Waals surface area contributed by atoms with Crippen molar-refractivity contribution in [1.82, 2.24) is 0 Å². The van der Waals surface area contributed by atoms with Crippen molar-refractivity contribution in [2.24, 2.45) is 11.7 Å². The molecular weight excluding hydrogens is 222 g/mol. The van der Waals surface area contributed by atoms with Gasteiger partial charge in [-0.3, -0.25) is 0 Å². The van der Waals surface area contributed by atoms with Crippen LogP contribution < -0.4 is 10.5 Å². The molecule has 2 rings (SSSR count). The van der Waals surface area contributed by atoms with Gasteiger partial charge in [0, 0.05) is 6.04 Å². The van der Waals surface area contributed by atoms with Crippen molar-refractivity contribution < 1.29 is 4.74 Å². The van der Waals surface area contributed by atoms with Crippen molar-refractivity contribution in [3.8, 4) is 5.75 Å². The van der Waals surface area contributed by atoms with Crippen LogP contribution in [0, 0.1) is 5.92 Å². The minimum atomic E-state index is 0.205. The average molecular weight is 247 g/mol. The Balaban J connectivity index is 1.90. The summed E-state index contributed by atoms with van der Waals surface area (Å²) in [7, 11) is 0. The summed E-state index contributed by atoms with van der Waals surface area (Å²) in [4.78, 5) is 0. The third-order valence-corrected chi connectivity index (χ3v) is 4.19. The van der Waals surface area contributed by atoms with Crippen molar-refractivity contribution >= 4 is 0 Å². The molecular formula is C16H25NO. The molecule has 0 spiro atoms. The van der Waals surface area contributed by atoms with Crippen molar-refractivity contribution in [1.29, 1.82) is 0 Å². The number of nitrogens with two attached hydrogens (primary N) is 1. The fourth-order valence-electron chi connectivity index (χ4n) is 2.06. The maximum atomic E-state index is 6.02. The highest BCUT2D eigenvalue weighted by Gasteiger charge is 2.28. The predicted molar refractivity (Wildman–Crippen MR) is 76.0 cm³/mol. The van der Waals surface area contributed by atoms with Crippen molar-refractivity contribution in [2.75, 3.05) is 6.61 Å². The van der Waals surface area contributed by atoms with Gasteiger partial charge < -0.3 is 10.5 Å². The second kappa shape index (κ2) is 5.31. The van der Waals surface area contributed by atoms with Crippen LogP contribution in [0.5, 0.6) is 5.75 Å². The molecule has 0 radical (unpaired) electrons. The van der Waals surface area contributed by atoms with Crippen molar-refractivity contribution in [3.63, 3.8) is 0 Å². The molecule has 1 aromatic rings. The minimum absolute atomic E-state index is 0.205. The van der Waals surface area contributed by atoms with E-state index in [-0.39, 0.29) is 11.5 Å². The van der Waals surface area contributed by atoms with E-state index in [1.54, 1.807) is 0 Å². The first-order valence-corrected chi connectivity index (χ1v) is 7.02. The summed E-state index contributed by atoms with van der Waals surface area (Å²) in [5.74, 6) is 1.63. The molecule has 1 saturated carbocycles. The third kappa shape index (κ3) is 3.26. The molecule has 1 atom stereocenters. The predicted octanol–water partition coefficient (Wildman–Crippen LogP) is 3.49. The Kier molecular flexibility index (Phi) is 3.96. The molecule has 0 heterocycles. The highest BCUT2D eigenvalue weighted by Crippen LogP contribution is 2.32. The van der Waals surface area contributed by atoms with Gasteiger partial charge in [-0.05, 0) is 48.3 Å². The fourth-order valence-corrected chi connectivity index (χ4v) is 2.06. The molecule has 0 bridgehead atoms. The van der Waals surface area contributed by atoms with Crippen LogP contribution in [0.25, 0.3) is 0 Å². The quantitative estimate of drug-likeness (QED) is 0.835. The van der Waals surface area contributed by atoms with E-state index in [1.807, 2.05) is 0 Å². The molecule has 2 nitrogen and oxygen atoms in total. The molecule has 1 aliphatic carbocycles. The Labute approximate surface area is 111 Å². The summed E-state index contributed by atoms with van der Waals surface area (Å²) in [5, 5.41) is 0. The van der Waals surface area contributed by atoms with Gasteiger partial charge >= 0.3 is 0 Å². The Morgan fingerprint density at radius 1 is 1.28 bits per heavy atom. The van der Waals surface area contributed by atoms with E-state index in [4.69, 9.17) is 10.5 Å². The number of benzene rings is 1. The first-order chi connectivity index (χ1) is 8.53. The van der Waals surface area contributed by atoms with Gasteiger partial charge in [0.15, 0.2) is 0 Å². The molecule has 2 heteroatoms. The lowest BCUT2D eigenvalue weighted by molar-refractivity contribution is 0.276. The van der Waals surface area contributed by atoms with Crippen LogP contribution in [0.1, 0.15) is 45.6 Å². The zero-order valence-corrected chi connectivity index (χ0v) is 11.8. The monoisotopic (exact) mass is 247 g/mol. The third-order valence-electron chi connectivity index (χ3n) is 4.19. The molecule has 18 heavy (non-hydrogen) atoms. The number of hydrogen-bond donors (Lipinski definition) is 1. The van der Waals surface area contributed by atoms with Crippen LogP contribution in [0.15, 0.2) is 24.3 Å². The van der Waals surface area contributed by atoms with Crippen LogP contribution in [0.3, 0.4) is 0 Å². The van der Waals surface area contributed by atoms with Crippen LogP contribution >= 0.6 is 0 Å². The summed E-state index contributed by atoms with van der Waals surface area (Å²) in [6, 6.07) is 8.67. The van der Waals surface area contributed by atoms with E-state index < -0.39 is 0 Å². The van der Waals surface area contributed by atoms with E-state index in [9.17, 15) is 0 Å². The van der Waals surface area contributed by atoms with Gasteiger partial charge in [0.25, 0.3) is 0 Å². The van der Waals surface area contributed by atoms with Crippen LogP contribution in [0.2, 0.25) is 0 Å². The van der Waals surface area contributed by atoms with Crippen LogP contribution in [-0.2, 0) is 5.41 Å². The summed E-state index contributed by atoms with van der Waals surface area (Å²) in [6.07, 6.45) is 3.68. The highest BCUT2D eigenvalue weighted by molar-refractivity contribution is 5.31. The molecule has 1 aliphatic rings. The summed E-state index contributed by atoms with van der Waals surface area (Å²) >= 11 is 0.